The summed E-state index contributed by atoms with van der Waals surface area (Å²) in [6, 6.07) is 5.84. The van der Waals surface area contributed by atoms with Crippen molar-refractivity contribution in [1.29, 1.82) is 0 Å². The van der Waals surface area contributed by atoms with E-state index in [1.165, 1.54) is 12.1 Å². The van der Waals surface area contributed by atoms with E-state index in [0.29, 0.717) is 0 Å². The van der Waals surface area contributed by atoms with Gasteiger partial charge in [-0.05, 0) is 19.1 Å². The quantitative estimate of drug-likeness (QED) is 0.280. The number of rotatable bonds is 8. The van der Waals surface area contributed by atoms with Crippen LogP contribution in [-0.4, -0.2) is 69.6 Å². The van der Waals surface area contributed by atoms with Crippen LogP contribution in [0.2, 0.25) is 0 Å². The first-order valence-corrected chi connectivity index (χ1v) is 11.5. The molecule has 0 spiro atoms. The highest BCUT2D eigenvalue weighted by molar-refractivity contribution is 7.86. The standard InChI is InChI=1S/C21H26O12S/c1-11-6-8-16(9-7-11)34(26,27)28-10-17-18(29-12(2)22)19(30-13(3)23)20(31-14(4)24)21(33-17)32-15(5)25/h6-9,17-21H,10H2,1-5H3/t17-,18+,19+,20-,21?/m1/s1. The summed E-state index contributed by atoms with van der Waals surface area (Å²) in [5.41, 5.74) is 0.828. The van der Waals surface area contributed by atoms with Gasteiger partial charge >= 0.3 is 23.9 Å². The molecule has 2 rings (SSSR count). The SMILES string of the molecule is CC(=O)OC1O[C@H](COS(=O)(=O)c2ccc(C)cc2)[C@H](OC(C)=O)[C@H](OC(C)=O)[C@H]1OC(C)=O. The van der Waals surface area contributed by atoms with Crippen LogP contribution in [0.3, 0.4) is 0 Å². The summed E-state index contributed by atoms with van der Waals surface area (Å²) < 4.78 is 56.6. The fourth-order valence-electron chi connectivity index (χ4n) is 3.18. The number of hydrogen-bond acceptors (Lipinski definition) is 12. The molecule has 188 valence electrons. The largest absolute Gasteiger partial charge is 0.456 e. The zero-order valence-electron chi connectivity index (χ0n) is 19.2. The van der Waals surface area contributed by atoms with Crippen LogP contribution in [0.4, 0.5) is 0 Å². The highest BCUT2D eigenvalue weighted by atomic mass is 32.2. The van der Waals surface area contributed by atoms with Crippen molar-refractivity contribution in [3.8, 4) is 0 Å². The van der Waals surface area contributed by atoms with E-state index in [0.717, 1.165) is 33.3 Å². The maximum absolute atomic E-state index is 12.6. The van der Waals surface area contributed by atoms with Crippen LogP contribution in [0.25, 0.3) is 0 Å². The Morgan fingerprint density at radius 2 is 1.24 bits per heavy atom. The third-order valence-electron chi connectivity index (χ3n) is 4.48. The van der Waals surface area contributed by atoms with E-state index < -0.39 is 71.3 Å². The van der Waals surface area contributed by atoms with E-state index in [1.54, 1.807) is 19.1 Å². The van der Waals surface area contributed by atoms with Gasteiger partial charge in [-0.2, -0.15) is 8.42 Å². The number of ether oxygens (including phenoxy) is 5. The number of carbonyl (C=O) groups excluding carboxylic acids is 4. The summed E-state index contributed by atoms with van der Waals surface area (Å²) in [5, 5.41) is 0. The van der Waals surface area contributed by atoms with Gasteiger partial charge in [-0.1, -0.05) is 17.7 Å². The van der Waals surface area contributed by atoms with Crippen LogP contribution in [0.5, 0.6) is 0 Å². The van der Waals surface area contributed by atoms with Crippen LogP contribution >= 0.6 is 0 Å². The molecule has 0 saturated carbocycles. The van der Waals surface area contributed by atoms with Crippen molar-refractivity contribution in [1.82, 2.24) is 0 Å². The molecular formula is C21H26O12S. The zero-order chi connectivity index (χ0) is 25.6. The normalized spacial score (nSPS) is 24.6. The molecular weight excluding hydrogens is 476 g/mol. The molecule has 1 fully saturated rings. The Morgan fingerprint density at radius 3 is 1.74 bits per heavy atom. The van der Waals surface area contributed by atoms with Crippen molar-refractivity contribution in [2.45, 2.75) is 70.2 Å². The molecule has 0 bridgehead atoms. The Bertz CT molecular complexity index is 1020. The molecule has 1 aliphatic heterocycles. The van der Waals surface area contributed by atoms with Crippen molar-refractivity contribution in [3.05, 3.63) is 29.8 Å². The van der Waals surface area contributed by atoms with Gasteiger partial charge in [0, 0.05) is 27.7 Å². The lowest BCUT2D eigenvalue weighted by Gasteiger charge is -2.43. The molecule has 1 aromatic rings. The number of hydrogen-bond donors (Lipinski definition) is 0. The fourth-order valence-corrected chi connectivity index (χ4v) is 4.10. The summed E-state index contributed by atoms with van der Waals surface area (Å²) in [6.07, 6.45) is -7.50. The van der Waals surface area contributed by atoms with Crippen LogP contribution in [-0.2, 0) is 57.2 Å². The number of carbonyl (C=O) groups is 4. The van der Waals surface area contributed by atoms with Crippen LogP contribution in [0.1, 0.15) is 33.3 Å². The van der Waals surface area contributed by atoms with Gasteiger partial charge in [0.15, 0.2) is 12.2 Å². The number of aryl methyl sites for hydroxylation is 1. The van der Waals surface area contributed by atoms with Crippen molar-refractivity contribution < 1.29 is 55.5 Å². The van der Waals surface area contributed by atoms with Gasteiger partial charge in [0.25, 0.3) is 10.1 Å². The summed E-state index contributed by atoms with van der Waals surface area (Å²) >= 11 is 0. The van der Waals surface area contributed by atoms with Gasteiger partial charge in [-0.15, -0.1) is 0 Å². The molecule has 1 aliphatic rings. The highest BCUT2D eigenvalue weighted by Gasteiger charge is 2.53. The lowest BCUT2D eigenvalue weighted by atomic mass is 9.98. The minimum absolute atomic E-state index is 0.135. The van der Waals surface area contributed by atoms with Crippen molar-refractivity contribution in [3.63, 3.8) is 0 Å². The molecule has 0 N–H and O–H groups in total. The highest BCUT2D eigenvalue weighted by Crippen LogP contribution is 2.30. The first kappa shape index (κ1) is 27.2. The second-order valence-corrected chi connectivity index (χ2v) is 9.04. The fraction of sp³-hybridized carbons (Fsp3) is 0.524. The number of esters is 4. The molecule has 0 radical (unpaired) electrons. The summed E-state index contributed by atoms with van der Waals surface area (Å²) in [5.74, 6) is -3.33. The topological polar surface area (TPSA) is 158 Å². The lowest BCUT2D eigenvalue weighted by molar-refractivity contribution is -0.298. The van der Waals surface area contributed by atoms with Crippen molar-refractivity contribution in [2.24, 2.45) is 0 Å². The van der Waals surface area contributed by atoms with E-state index in [9.17, 15) is 27.6 Å². The molecule has 12 nitrogen and oxygen atoms in total. The van der Waals surface area contributed by atoms with Crippen molar-refractivity contribution in [2.75, 3.05) is 6.61 Å². The Balaban J connectivity index is 2.40. The van der Waals surface area contributed by atoms with E-state index in [1.807, 2.05) is 0 Å². The van der Waals surface area contributed by atoms with Gasteiger partial charge in [0.2, 0.25) is 12.4 Å². The molecule has 1 heterocycles. The third kappa shape index (κ3) is 7.50. The molecule has 1 saturated heterocycles. The zero-order valence-corrected chi connectivity index (χ0v) is 20.0. The minimum atomic E-state index is -4.26. The molecule has 34 heavy (non-hydrogen) atoms. The van der Waals surface area contributed by atoms with Gasteiger partial charge in [0.05, 0.1) is 11.5 Å². The summed E-state index contributed by atoms with van der Waals surface area (Å²) in [4.78, 5) is 46.6. The average Bonchev–Trinajstić information content (AvgIpc) is 2.70. The maximum atomic E-state index is 12.6. The van der Waals surface area contributed by atoms with Crippen molar-refractivity contribution >= 4 is 34.0 Å². The van der Waals surface area contributed by atoms with E-state index in [2.05, 4.69) is 0 Å². The predicted molar refractivity (Wildman–Crippen MR) is 111 cm³/mol. The Hall–Kier alpha value is -3.03. The number of benzene rings is 1. The second-order valence-electron chi connectivity index (χ2n) is 7.43. The van der Waals surface area contributed by atoms with E-state index >= 15 is 0 Å². The van der Waals surface area contributed by atoms with Crippen LogP contribution < -0.4 is 0 Å². The predicted octanol–water partition coefficient (Wildman–Crippen LogP) is 0.783. The van der Waals surface area contributed by atoms with Gasteiger partial charge < -0.3 is 23.7 Å². The smallest absolute Gasteiger partial charge is 0.305 e. The minimum Gasteiger partial charge on any atom is -0.456 e. The molecule has 1 unspecified atom stereocenters. The van der Waals surface area contributed by atoms with Gasteiger partial charge in [-0.3, -0.25) is 23.4 Å². The monoisotopic (exact) mass is 502 g/mol. The Labute approximate surface area is 196 Å². The molecule has 5 atom stereocenters. The molecule has 0 amide bonds. The van der Waals surface area contributed by atoms with Crippen LogP contribution in [0.15, 0.2) is 29.2 Å². The molecule has 0 aliphatic carbocycles. The summed E-state index contributed by atoms with van der Waals surface area (Å²) in [6.45, 7) is 5.29. The molecule has 0 aromatic heterocycles. The first-order valence-electron chi connectivity index (χ1n) is 10.1. The van der Waals surface area contributed by atoms with Gasteiger partial charge in [-0.25, -0.2) is 0 Å². The maximum Gasteiger partial charge on any atom is 0.305 e. The van der Waals surface area contributed by atoms with E-state index in [4.69, 9.17) is 27.9 Å². The second kappa shape index (κ2) is 11.4. The van der Waals surface area contributed by atoms with Gasteiger partial charge in [0.1, 0.15) is 6.10 Å². The lowest BCUT2D eigenvalue weighted by Crippen LogP contribution is -2.63. The molecule has 13 heteroatoms. The average molecular weight is 502 g/mol. The van der Waals surface area contributed by atoms with Crippen LogP contribution in [0, 0.1) is 6.92 Å². The first-order chi connectivity index (χ1) is 15.8. The van der Waals surface area contributed by atoms with E-state index in [-0.39, 0.29) is 4.90 Å². The Morgan fingerprint density at radius 1 is 0.765 bits per heavy atom. The Kier molecular flexibility index (Phi) is 9.13. The third-order valence-corrected chi connectivity index (χ3v) is 5.77. The summed E-state index contributed by atoms with van der Waals surface area (Å²) in [7, 11) is -4.26. The molecule has 1 aromatic carbocycles.